The second-order valence-electron chi connectivity index (χ2n) is 9.70. The molecule has 0 aliphatic carbocycles. The Morgan fingerprint density at radius 1 is 0.902 bits per heavy atom. The Hall–Kier alpha value is -3.57. The minimum absolute atomic E-state index is 0.0831. The maximum Gasteiger partial charge on any atom is 0.249 e. The zero-order valence-electron chi connectivity index (χ0n) is 23.7. The summed E-state index contributed by atoms with van der Waals surface area (Å²) in [5, 5.41) is 2.82. The summed E-state index contributed by atoms with van der Waals surface area (Å²) >= 11 is 0. The molecule has 0 saturated carbocycles. The summed E-state index contributed by atoms with van der Waals surface area (Å²) in [6.45, 7) is 6.76. The first kappa shape index (κ1) is 32.0. The van der Waals surface area contributed by atoms with E-state index in [9.17, 15) is 18.0 Å². The molecule has 1 unspecified atom stereocenters. The molecule has 9 nitrogen and oxygen atoms in total. The predicted octanol–water partition coefficient (Wildman–Crippen LogP) is 3.31. The lowest BCUT2D eigenvalue weighted by molar-refractivity contribution is -0.124. The molecule has 10 heteroatoms. The minimum atomic E-state index is -3.72. The van der Waals surface area contributed by atoms with Crippen LogP contribution in [0, 0.1) is 0 Å². The summed E-state index contributed by atoms with van der Waals surface area (Å²) in [5.74, 6) is -1.07. The van der Waals surface area contributed by atoms with Gasteiger partial charge in [0.15, 0.2) is 0 Å². The molecule has 2 amide bonds. The highest BCUT2D eigenvalue weighted by atomic mass is 32.2. The van der Waals surface area contributed by atoms with E-state index in [1.165, 1.54) is 0 Å². The number of amides is 2. The summed E-state index contributed by atoms with van der Waals surface area (Å²) in [5.41, 5.74) is 9.21. The lowest BCUT2D eigenvalue weighted by Crippen LogP contribution is -2.49. The second kappa shape index (κ2) is 16.0. The zero-order valence-corrected chi connectivity index (χ0v) is 24.5. The van der Waals surface area contributed by atoms with Gasteiger partial charge in [0.2, 0.25) is 21.8 Å². The molecule has 0 saturated heterocycles. The lowest BCUT2D eigenvalue weighted by Gasteiger charge is -2.20. The van der Waals surface area contributed by atoms with Crippen molar-refractivity contribution < 1.29 is 22.7 Å². The highest BCUT2D eigenvalue weighted by Gasteiger charge is 2.25. The topological polar surface area (TPSA) is 131 Å². The van der Waals surface area contributed by atoms with Crippen LogP contribution in [-0.4, -0.2) is 63.2 Å². The summed E-state index contributed by atoms with van der Waals surface area (Å²) < 4.78 is 34.0. The second-order valence-corrected chi connectivity index (χ2v) is 11.6. The van der Waals surface area contributed by atoms with E-state index in [-0.39, 0.29) is 25.5 Å². The van der Waals surface area contributed by atoms with E-state index < -0.39 is 27.9 Å². The Morgan fingerprint density at radius 2 is 1.56 bits per heavy atom. The first-order chi connectivity index (χ1) is 19.7. The molecule has 3 aromatic carbocycles. The van der Waals surface area contributed by atoms with E-state index in [1.807, 2.05) is 80.6 Å². The Bertz CT molecular complexity index is 1360. The minimum Gasteiger partial charge on any atom is -0.375 e. The fourth-order valence-corrected chi connectivity index (χ4v) is 5.63. The third-order valence-electron chi connectivity index (χ3n) is 6.74. The molecule has 0 aliphatic rings. The van der Waals surface area contributed by atoms with Crippen LogP contribution in [0.3, 0.4) is 0 Å². The van der Waals surface area contributed by atoms with Gasteiger partial charge in [-0.05, 0) is 54.4 Å². The van der Waals surface area contributed by atoms with Crippen LogP contribution in [0.2, 0.25) is 0 Å². The molecule has 0 bridgehead atoms. The fraction of sp³-hybridized carbons (Fsp3) is 0.355. The number of ether oxygens (including phenoxy) is 1. The number of nitrogens with two attached hydrogens (primary N) is 1. The lowest BCUT2D eigenvalue weighted by atomic mass is 9.98. The van der Waals surface area contributed by atoms with E-state index in [0.29, 0.717) is 18.5 Å². The number of primary amides is 1. The summed E-state index contributed by atoms with van der Waals surface area (Å²) in [6.07, 6.45) is 0.460. The van der Waals surface area contributed by atoms with Crippen molar-refractivity contribution in [1.82, 2.24) is 14.9 Å². The summed E-state index contributed by atoms with van der Waals surface area (Å²) in [7, 11) is -3.72. The van der Waals surface area contributed by atoms with Crippen molar-refractivity contribution in [1.29, 1.82) is 0 Å². The number of nitrogens with one attached hydrogen (secondary N) is 2. The largest absolute Gasteiger partial charge is 0.375 e. The normalized spacial score (nSPS) is 12.3. The molecule has 0 spiro atoms. The number of carbonyl (C=O) groups excluding carboxylic acids is 2. The molecule has 41 heavy (non-hydrogen) atoms. The van der Waals surface area contributed by atoms with Gasteiger partial charge >= 0.3 is 0 Å². The third-order valence-corrected chi connectivity index (χ3v) is 8.21. The van der Waals surface area contributed by atoms with Crippen molar-refractivity contribution in [2.24, 2.45) is 5.73 Å². The molecular weight excluding hydrogens is 540 g/mol. The van der Waals surface area contributed by atoms with Crippen LogP contribution < -0.4 is 15.8 Å². The number of sulfonamides is 1. The van der Waals surface area contributed by atoms with Crippen molar-refractivity contribution in [3.8, 4) is 11.1 Å². The van der Waals surface area contributed by atoms with E-state index in [1.54, 1.807) is 12.1 Å². The van der Waals surface area contributed by atoms with Crippen molar-refractivity contribution >= 4 is 21.8 Å². The van der Waals surface area contributed by atoms with Crippen LogP contribution >= 0.6 is 0 Å². The van der Waals surface area contributed by atoms with Gasteiger partial charge in [-0.25, -0.2) is 13.1 Å². The molecule has 1 atom stereocenters. The first-order valence-corrected chi connectivity index (χ1v) is 15.5. The number of carbonyl (C=O) groups is 2. The van der Waals surface area contributed by atoms with Crippen LogP contribution in [-0.2, 0) is 32.7 Å². The van der Waals surface area contributed by atoms with Crippen molar-refractivity contribution in [3.05, 3.63) is 95.6 Å². The average molecular weight is 581 g/mol. The number of benzene rings is 3. The summed E-state index contributed by atoms with van der Waals surface area (Å²) in [6, 6.07) is 22.9. The van der Waals surface area contributed by atoms with Crippen molar-refractivity contribution in [3.63, 3.8) is 0 Å². The Morgan fingerprint density at radius 3 is 2.22 bits per heavy atom. The maximum atomic E-state index is 13.1. The monoisotopic (exact) mass is 580 g/mol. The van der Waals surface area contributed by atoms with E-state index >= 15 is 0 Å². The Balaban J connectivity index is 1.64. The standard InChI is InChI=1S/C31H40N4O5S/c1-3-35(4-2)19-10-20-41(38,39)34-29(23-40-22-25-11-6-5-7-12-25)31(37)33-21-24-15-17-26(18-16-24)27-13-8-9-14-28(27)30(32)36/h5-9,11-18,29,34H,3-4,10,19-23H2,1-2H3,(H2,32,36)(H,33,37). The first-order valence-electron chi connectivity index (χ1n) is 13.8. The van der Waals surface area contributed by atoms with Crippen LogP contribution in [0.5, 0.6) is 0 Å². The molecule has 3 aromatic rings. The molecule has 0 heterocycles. The Kier molecular flexibility index (Phi) is 12.5. The molecule has 0 fully saturated rings. The molecule has 0 aliphatic heterocycles. The van der Waals surface area contributed by atoms with Crippen molar-refractivity contribution in [2.45, 2.75) is 39.5 Å². The van der Waals surface area contributed by atoms with Gasteiger partial charge in [-0.15, -0.1) is 0 Å². The SMILES string of the molecule is CCN(CC)CCCS(=O)(=O)NC(COCc1ccccc1)C(=O)NCc1ccc(-c2ccccc2C(N)=O)cc1. The van der Waals surface area contributed by atoms with Crippen LogP contribution in [0.4, 0.5) is 0 Å². The van der Waals surface area contributed by atoms with Crippen LogP contribution in [0.25, 0.3) is 11.1 Å². The average Bonchev–Trinajstić information content (AvgIpc) is 2.98. The van der Waals surface area contributed by atoms with Gasteiger partial charge in [-0.2, -0.15) is 0 Å². The van der Waals surface area contributed by atoms with Gasteiger partial charge in [-0.3, -0.25) is 9.59 Å². The number of hydrogen-bond acceptors (Lipinski definition) is 6. The van der Waals surface area contributed by atoms with Crippen molar-refractivity contribution in [2.75, 3.05) is 32.0 Å². The predicted molar refractivity (Wildman–Crippen MR) is 161 cm³/mol. The smallest absolute Gasteiger partial charge is 0.249 e. The number of nitrogens with zero attached hydrogens (tertiary/aromatic N) is 1. The number of rotatable bonds is 17. The molecule has 3 rings (SSSR count). The quantitative estimate of drug-likeness (QED) is 0.225. The highest BCUT2D eigenvalue weighted by molar-refractivity contribution is 7.89. The van der Waals surface area contributed by atoms with Gasteiger partial charge in [0.1, 0.15) is 6.04 Å². The van der Waals surface area contributed by atoms with Crippen LogP contribution in [0.1, 0.15) is 41.8 Å². The van der Waals surface area contributed by atoms with E-state index in [2.05, 4.69) is 14.9 Å². The third kappa shape index (κ3) is 10.4. The molecule has 0 aromatic heterocycles. The molecule has 0 radical (unpaired) electrons. The molecule has 4 N–H and O–H groups in total. The van der Waals surface area contributed by atoms with Gasteiger partial charge in [0.05, 0.1) is 19.0 Å². The fourth-order valence-electron chi connectivity index (χ4n) is 4.39. The summed E-state index contributed by atoms with van der Waals surface area (Å²) in [4.78, 5) is 27.1. The van der Waals surface area contributed by atoms with E-state index in [4.69, 9.17) is 10.5 Å². The number of hydrogen-bond donors (Lipinski definition) is 3. The zero-order chi connectivity index (χ0) is 29.7. The van der Waals surface area contributed by atoms with Gasteiger partial charge < -0.3 is 20.7 Å². The maximum absolute atomic E-state index is 13.1. The van der Waals surface area contributed by atoms with Crippen LogP contribution in [0.15, 0.2) is 78.9 Å². The van der Waals surface area contributed by atoms with Gasteiger partial charge in [-0.1, -0.05) is 86.6 Å². The van der Waals surface area contributed by atoms with Gasteiger partial charge in [0.25, 0.3) is 0 Å². The highest BCUT2D eigenvalue weighted by Crippen LogP contribution is 2.23. The molecular formula is C31H40N4O5S. The molecule has 220 valence electrons. The Labute approximate surface area is 243 Å². The van der Waals surface area contributed by atoms with Gasteiger partial charge in [0, 0.05) is 12.1 Å². The van der Waals surface area contributed by atoms with E-state index in [0.717, 1.165) is 35.3 Å².